The number of hydrogen-bond acceptors (Lipinski definition) is 3. The monoisotopic (exact) mass is 257 g/mol. The molecule has 0 aromatic carbocycles. The molecule has 0 aromatic rings. The first-order valence-corrected chi connectivity index (χ1v) is 7.58. The van der Waals surface area contributed by atoms with Crippen molar-refractivity contribution in [2.45, 2.75) is 65.7 Å². The lowest BCUT2D eigenvalue weighted by Gasteiger charge is -2.29. The van der Waals surface area contributed by atoms with Gasteiger partial charge >= 0.3 is 0 Å². The van der Waals surface area contributed by atoms with Crippen molar-refractivity contribution in [3.63, 3.8) is 0 Å². The van der Waals surface area contributed by atoms with Gasteiger partial charge in [-0.15, -0.1) is 0 Å². The van der Waals surface area contributed by atoms with Crippen LogP contribution >= 0.6 is 0 Å². The number of ether oxygens (including phenoxy) is 2. The predicted molar refractivity (Wildman–Crippen MR) is 75.9 cm³/mol. The first kappa shape index (κ1) is 15.9. The van der Waals surface area contributed by atoms with Gasteiger partial charge in [-0.25, -0.2) is 0 Å². The quantitative estimate of drug-likeness (QED) is 0.678. The predicted octanol–water partition coefficient (Wildman–Crippen LogP) is 2.84. The maximum atomic E-state index is 5.96. The van der Waals surface area contributed by atoms with Crippen molar-refractivity contribution >= 4 is 0 Å². The third-order valence-corrected chi connectivity index (χ3v) is 4.09. The van der Waals surface area contributed by atoms with E-state index in [1.807, 2.05) is 0 Å². The van der Waals surface area contributed by atoms with Crippen molar-refractivity contribution in [1.82, 2.24) is 5.32 Å². The molecule has 0 aliphatic carbocycles. The minimum Gasteiger partial charge on any atom is -0.380 e. The zero-order valence-corrected chi connectivity index (χ0v) is 12.7. The van der Waals surface area contributed by atoms with Crippen molar-refractivity contribution in [2.75, 3.05) is 19.8 Å². The highest BCUT2D eigenvalue weighted by Crippen LogP contribution is 2.34. The third kappa shape index (κ3) is 4.22. The topological polar surface area (TPSA) is 30.5 Å². The van der Waals surface area contributed by atoms with Crippen LogP contribution in [-0.2, 0) is 9.47 Å². The first-order valence-electron chi connectivity index (χ1n) is 7.58. The largest absolute Gasteiger partial charge is 0.380 e. The van der Waals surface area contributed by atoms with Crippen LogP contribution < -0.4 is 5.32 Å². The summed E-state index contributed by atoms with van der Waals surface area (Å²) in [6.45, 7) is 13.8. The van der Waals surface area contributed by atoms with E-state index >= 15 is 0 Å². The molecular weight excluding hydrogens is 226 g/mol. The van der Waals surface area contributed by atoms with E-state index in [4.69, 9.17) is 9.47 Å². The smallest absolute Gasteiger partial charge is 0.0623 e. The average molecular weight is 257 g/mol. The second-order valence-electron chi connectivity index (χ2n) is 5.62. The van der Waals surface area contributed by atoms with Crippen LogP contribution in [0.4, 0.5) is 0 Å². The molecule has 1 rings (SSSR count). The lowest BCUT2D eigenvalue weighted by atomic mass is 9.83. The zero-order chi connectivity index (χ0) is 13.5. The Kier molecular flexibility index (Phi) is 7.20. The van der Waals surface area contributed by atoms with Crippen LogP contribution in [0.25, 0.3) is 0 Å². The Morgan fingerprint density at radius 1 is 1.11 bits per heavy atom. The van der Waals surface area contributed by atoms with Crippen LogP contribution in [-0.4, -0.2) is 38.0 Å². The van der Waals surface area contributed by atoms with Gasteiger partial charge in [-0.05, 0) is 39.2 Å². The molecule has 0 aromatic heterocycles. The fraction of sp³-hybridized carbons (Fsp3) is 1.00. The van der Waals surface area contributed by atoms with E-state index in [2.05, 4.69) is 39.9 Å². The van der Waals surface area contributed by atoms with E-state index in [0.29, 0.717) is 30.1 Å². The molecule has 0 amide bonds. The molecule has 5 atom stereocenters. The summed E-state index contributed by atoms with van der Waals surface area (Å²) in [5, 5.41) is 3.65. The normalized spacial score (nSPS) is 33.8. The highest BCUT2D eigenvalue weighted by Gasteiger charge is 2.41. The molecule has 5 unspecified atom stereocenters. The van der Waals surface area contributed by atoms with E-state index in [-0.39, 0.29) is 0 Å². The third-order valence-electron chi connectivity index (χ3n) is 4.09. The highest BCUT2D eigenvalue weighted by atomic mass is 16.5. The van der Waals surface area contributed by atoms with Crippen molar-refractivity contribution in [2.24, 2.45) is 11.8 Å². The van der Waals surface area contributed by atoms with Gasteiger partial charge in [0, 0.05) is 18.6 Å². The molecular formula is C15H31NO2. The Hall–Kier alpha value is -0.120. The van der Waals surface area contributed by atoms with E-state index in [1.54, 1.807) is 0 Å². The molecule has 18 heavy (non-hydrogen) atoms. The SMILES string of the molecule is CCCNC(COCCC)C1C(C)OC(C)C1C. The maximum absolute atomic E-state index is 5.96. The second-order valence-corrected chi connectivity index (χ2v) is 5.62. The number of hydrogen-bond donors (Lipinski definition) is 1. The summed E-state index contributed by atoms with van der Waals surface area (Å²) >= 11 is 0. The molecule has 0 saturated carbocycles. The van der Waals surface area contributed by atoms with Gasteiger partial charge in [0.1, 0.15) is 0 Å². The molecule has 0 spiro atoms. The van der Waals surface area contributed by atoms with E-state index in [9.17, 15) is 0 Å². The van der Waals surface area contributed by atoms with Gasteiger partial charge in [0.05, 0.1) is 18.8 Å². The molecule has 1 fully saturated rings. The molecule has 1 heterocycles. The zero-order valence-electron chi connectivity index (χ0n) is 12.7. The Bertz CT molecular complexity index is 223. The van der Waals surface area contributed by atoms with E-state index in [0.717, 1.165) is 32.6 Å². The summed E-state index contributed by atoms with van der Waals surface area (Å²) in [5.74, 6) is 1.16. The number of rotatable bonds is 8. The van der Waals surface area contributed by atoms with Gasteiger partial charge in [-0.3, -0.25) is 0 Å². The summed E-state index contributed by atoms with van der Waals surface area (Å²) in [7, 11) is 0. The Morgan fingerprint density at radius 3 is 2.33 bits per heavy atom. The van der Waals surface area contributed by atoms with E-state index < -0.39 is 0 Å². The molecule has 3 heteroatoms. The average Bonchev–Trinajstić information content (AvgIpc) is 2.59. The first-order chi connectivity index (χ1) is 8.61. The van der Waals surface area contributed by atoms with Crippen LogP contribution in [0.3, 0.4) is 0 Å². The maximum Gasteiger partial charge on any atom is 0.0623 e. The van der Waals surface area contributed by atoms with Gasteiger partial charge in [0.25, 0.3) is 0 Å². The number of nitrogens with one attached hydrogen (secondary N) is 1. The van der Waals surface area contributed by atoms with Crippen LogP contribution in [0.5, 0.6) is 0 Å². The molecule has 1 aliphatic rings. The Balaban J connectivity index is 2.56. The van der Waals surface area contributed by atoms with Crippen LogP contribution in [0.15, 0.2) is 0 Å². The Labute approximate surface area is 113 Å². The van der Waals surface area contributed by atoms with Crippen LogP contribution in [0.1, 0.15) is 47.5 Å². The minimum absolute atomic E-state index is 0.328. The second kappa shape index (κ2) is 8.13. The van der Waals surface area contributed by atoms with Crippen molar-refractivity contribution in [1.29, 1.82) is 0 Å². The molecule has 108 valence electrons. The minimum atomic E-state index is 0.328. The molecule has 1 saturated heterocycles. The summed E-state index contributed by atoms with van der Waals surface area (Å²) in [5.41, 5.74) is 0. The highest BCUT2D eigenvalue weighted by molar-refractivity contribution is 4.91. The fourth-order valence-corrected chi connectivity index (χ4v) is 2.98. The lowest BCUT2D eigenvalue weighted by Crippen LogP contribution is -2.45. The van der Waals surface area contributed by atoms with Crippen LogP contribution in [0, 0.1) is 11.8 Å². The Morgan fingerprint density at radius 2 is 1.83 bits per heavy atom. The lowest BCUT2D eigenvalue weighted by molar-refractivity contribution is 0.0364. The molecule has 0 radical (unpaired) electrons. The van der Waals surface area contributed by atoms with E-state index in [1.165, 1.54) is 0 Å². The summed E-state index contributed by atoms with van der Waals surface area (Å²) in [6.07, 6.45) is 2.94. The van der Waals surface area contributed by atoms with Crippen molar-refractivity contribution in [3.05, 3.63) is 0 Å². The fourth-order valence-electron chi connectivity index (χ4n) is 2.98. The van der Waals surface area contributed by atoms with Gasteiger partial charge < -0.3 is 14.8 Å². The van der Waals surface area contributed by atoms with Crippen molar-refractivity contribution < 1.29 is 9.47 Å². The van der Waals surface area contributed by atoms with Gasteiger partial charge in [-0.2, -0.15) is 0 Å². The van der Waals surface area contributed by atoms with Gasteiger partial charge in [0.2, 0.25) is 0 Å². The van der Waals surface area contributed by atoms with Crippen molar-refractivity contribution in [3.8, 4) is 0 Å². The molecule has 1 N–H and O–H groups in total. The molecule has 3 nitrogen and oxygen atoms in total. The summed E-state index contributed by atoms with van der Waals surface area (Å²) in [6, 6.07) is 0.423. The van der Waals surface area contributed by atoms with Gasteiger partial charge in [0.15, 0.2) is 0 Å². The molecule has 1 aliphatic heterocycles. The van der Waals surface area contributed by atoms with Crippen LogP contribution in [0.2, 0.25) is 0 Å². The molecule has 0 bridgehead atoms. The van der Waals surface area contributed by atoms with Gasteiger partial charge in [-0.1, -0.05) is 20.8 Å². The summed E-state index contributed by atoms with van der Waals surface area (Å²) in [4.78, 5) is 0. The standard InChI is InChI=1S/C15H31NO2/c1-6-8-16-14(10-17-9-7-2)15-11(3)12(4)18-13(15)5/h11-16H,6-10H2,1-5H3. The summed E-state index contributed by atoms with van der Waals surface area (Å²) < 4.78 is 11.7.